The van der Waals surface area contributed by atoms with Crippen LogP contribution in [0.4, 0.5) is 0 Å². The van der Waals surface area contributed by atoms with Crippen molar-refractivity contribution in [1.82, 2.24) is 14.8 Å². The minimum Gasteiger partial charge on any atom is -0.351 e. The molecule has 0 aromatic carbocycles. The molecule has 2 aromatic heterocycles. The van der Waals surface area contributed by atoms with Gasteiger partial charge in [-0.1, -0.05) is 52.4 Å². The van der Waals surface area contributed by atoms with Crippen molar-refractivity contribution >= 4 is 33.4 Å². The third-order valence-electron chi connectivity index (χ3n) is 8.66. The Balaban J connectivity index is 1.52. The first-order valence-corrected chi connectivity index (χ1v) is 13.5. The molecule has 6 heteroatoms. The molecular formula is C26H37N3O2S. The Labute approximate surface area is 195 Å². The highest BCUT2D eigenvalue weighted by atomic mass is 32.1. The number of fused-ring (bicyclic) bond motifs is 3. The normalized spacial score (nSPS) is 32.0. The minimum atomic E-state index is -0.868. The zero-order valence-corrected chi connectivity index (χ0v) is 20.5. The Bertz CT molecular complexity index is 1000. The lowest BCUT2D eigenvalue weighted by Gasteiger charge is -2.49. The lowest BCUT2D eigenvalue weighted by Crippen LogP contribution is -2.67. The molecule has 0 saturated heterocycles. The molecule has 0 unspecified atom stereocenters. The number of amides is 2. The first-order valence-electron chi connectivity index (χ1n) is 12.6. The summed E-state index contributed by atoms with van der Waals surface area (Å²) in [6.45, 7) is 7.12. The Morgan fingerprint density at radius 1 is 1.09 bits per heavy atom. The van der Waals surface area contributed by atoms with E-state index in [1.807, 2.05) is 17.9 Å². The summed E-state index contributed by atoms with van der Waals surface area (Å²) in [7, 11) is 0. The van der Waals surface area contributed by atoms with Crippen LogP contribution in [0.5, 0.6) is 0 Å². The third-order valence-corrected chi connectivity index (χ3v) is 9.51. The number of thiophene rings is 1. The number of carbonyl (C=O) groups excluding carboxylic acids is 2. The van der Waals surface area contributed by atoms with Gasteiger partial charge in [-0.25, -0.2) is 0 Å². The molecule has 0 bridgehead atoms. The molecule has 32 heavy (non-hydrogen) atoms. The number of aromatic nitrogens is 1. The number of hydrogen-bond acceptors (Lipinski definition) is 3. The second-order valence-electron chi connectivity index (χ2n) is 10.7. The Kier molecular flexibility index (Phi) is 5.85. The molecule has 2 aliphatic carbocycles. The van der Waals surface area contributed by atoms with E-state index in [2.05, 4.69) is 35.2 Å². The molecule has 5 rings (SSSR count). The molecule has 3 aliphatic rings. The van der Waals surface area contributed by atoms with Crippen molar-refractivity contribution in [2.45, 2.75) is 103 Å². The first kappa shape index (κ1) is 22.0. The quantitative estimate of drug-likeness (QED) is 0.614. The van der Waals surface area contributed by atoms with Gasteiger partial charge < -0.3 is 14.8 Å². The van der Waals surface area contributed by atoms with E-state index >= 15 is 0 Å². The van der Waals surface area contributed by atoms with E-state index in [9.17, 15) is 9.59 Å². The highest BCUT2D eigenvalue weighted by Crippen LogP contribution is 2.38. The summed E-state index contributed by atoms with van der Waals surface area (Å²) in [5.41, 5.74) is 0.964. The van der Waals surface area contributed by atoms with Crippen molar-refractivity contribution in [1.29, 1.82) is 0 Å². The highest BCUT2D eigenvalue weighted by Gasteiger charge is 2.51. The molecule has 2 fully saturated rings. The van der Waals surface area contributed by atoms with Crippen LogP contribution in [0, 0.1) is 11.8 Å². The Morgan fingerprint density at radius 2 is 1.84 bits per heavy atom. The lowest BCUT2D eigenvalue weighted by atomic mass is 9.77. The van der Waals surface area contributed by atoms with E-state index in [-0.39, 0.29) is 23.9 Å². The van der Waals surface area contributed by atoms with Gasteiger partial charge in [0.15, 0.2) is 0 Å². The minimum absolute atomic E-state index is 0.0313. The second kappa shape index (κ2) is 8.51. The Morgan fingerprint density at radius 3 is 2.59 bits per heavy atom. The van der Waals surface area contributed by atoms with Crippen LogP contribution >= 0.6 is 11.3 Å². The molecular weight excluding hydrogens is 418 g/mol. The van der Waals surface area contributed by atoms with Gasteiger partial charge in [0, 0.05) is 12.1 Å². The predicted octanol–water partition coefficient (Wildman–Crippen LogP) is 5.58. The summed E-state index contributed by atoms with van der Waals surface area (Å²) in [6.07, 6.45) is 10.2. The van der Waals surface area contributed by atoms with Crippen molar-refractivity contribution in [3.8, 4) is 0 Å². The van der Waals surface area contributed by atoms with Crippen molar-refractivity contribution < 1.29 is 9.59 Å². The first-order chi connectivity index (χ1) is 15.4. The molecule has 2 saturated carbocycles. The maximum Gasteiger partial charge on any atom is 0.271 e. The molecule has 2 aromatic rings. The second-order valence-corrected chi connectivity index (χ2v) is 11.7. The molecule has 174 valence electrons. The fourth-order valence-corrected chi connectivity index (χ4v) is 7.25. The molecule has 1 N–H and O–H groups in total. The van der Waals surface area contributed by atoms with Crippen LogP contribution in [0.2, 0.25) is 0 Å². The summed E-state index contributed by atoms with van der Waals surface area (Å²) in [6, 6.07) is 4.46. The highest BCUT2D eigenvalue weighted by molar-refractivity contribution is 7.17. The summed E-state index contributed by atoms with van der Waals surface area (Å²) in [5.74, 6) is 1.15. The van der Waals surface area contributed by atoms with E-state index in [0.29, 0.717) is 18.4 Å². The fraction of sp³-hybridized carbons (Fsp3) is 0.692. The molecule has 0 radical (unpaired) electrons. The van der Waals surface area contributed by atoms with Crippen LogP contribution in [-0.4, -0.2) is 38.9 Å². The van der Waals surface area contributed by atoms with Gasteiger partial charge >= 0.3 is 0 Å². The number of carbonyl (C=O) groups is 2. The number of nitrogens with zero attached hydrogens (tertiary/aromatic N) is 2. The van der Waals surface area contributed by atoms with Crippen LogP contribution in [0.1, 0.15) is 89.0 Å². The largest absolute Gasteiger partial charge is 0.351 e. The van der Waals surface area contributed by atoms with Gasteiger partial charge in [-0.2, -0.15) is 0 Å². The summed E-state index contributed by atoms with van der Waals surface area (Å²) in [5, 5.41) is 5.51. The third kappa shape index (κ3) is 3.59. The zero-order valence-electron chi connectivity index (χ0n) is 19.7. The summed E-state index contributed by atoms with van der Waals surface area (Å²) in [4.78, 5) is 30.0. The monoisotopic (exact) mass is 455 g/mol. The average Bonchev–Trinajstić information content (AvgIpc) is 3.25. The van der Waals surface area contributed by atoms with Gasteiger partial charge in [0.25, 0.3) is 5.91 Å². The lowest BCUT2D eigenvalue weighted by molar-refractivity contribution is -0.136. The van der Waals surface area contributed by atoms with E-state index in [1.165, 1.54) is 19.3 Å². The standard InChI is InChI=1S/C26H37N3O2S/c1-17-9-8-12-20(18(17)2)27-25(31)26(3)16-28-21-13-14-32-23(21)15-22(28)24(30)29(26)19-10-6-4-5-7-11-19/h13-15,17-20H,4-12,16H2,1-3H3,(H,27,31)/t17-,18+,20+,26-/m1/s1. The molecule has 0 spiro atoms. The molecule has 1 aliphatic heterocycles. The van der Waals surface area contributed by atoms with Gasteiger partial charge in [0.05, 0.1) is 16.8 Å². The van der Waals surface area contributed by atoms with Crippen LogP contribution in [0.15, 0.2) is 17.5 Å². The van der Waals surface area contributed by atoms with E-state index in [0.717, 1.165) is 54.4 Å². The smallest absolute Gasteiger partial charge is 0.271 e. The van der Waals surface area contributed by atoms with Gasteiger partial charge in [-0.05, 0) is 55.5 Å². The Hall–Kier alpha value is -1.82. The maximum atomic E-state index is 14.0. The van der Waals surface area contributed by atoms with Crippen molar-refractivity contribution in [3.05, 3.63) is 23.2 Å². The number of rotatable bonds is 3. The maximum absolute atomic E-state index is 14.0. The average molecular weight is 456 g/mol. The topological polar surface area (TPSA) is 54.3 Å². The molecule has 5 nitrogen and oxygen atoms in total. The van der Waals surface area contributed by atoms with E-state index in [4.69, 9.17) is 0 Å². The SMILES string of the molecule is C[C@H]1[C@H](C)CCC[C@@H]1NC(=O)[C@@]1(C)Cn2c(cc3sccc32)C(=O)N1C1CCCCCC1. The zero-order chi connectivity index (χ0) is 22.5. The van der Waals surface area contributed by atoms with Gasteiger partial charge in [0.2, 0.25) is 5.91 Å². The number of nitrogens with one attached hydrogen (secondary N) is 1. The number of hydrogen-bond donors (Lipinski definition) is 1. The van der Waals surface area contributed by atoms with Crippen molar-refractivity contribution in [2.75, 3.05) is 0 Å². The van der Waals surface area contributed by atoms with Crippen LogP contribution in [0.3, 0.4) is 0 Å². The van der Waals surface area contributed by atoms with Crippen LogP contribution in [-0.2, 0) is 11.3 Å². The molecule has 4 atom stereocenters. The predicted molar refractivity (Wildman–Crippen MR) is 130 cm³/mol. The summed E-state index contributed by atoms with van der Waals surface area (Å²) >= 11 is 1.67. The van der Waals surface area contributed by atoms with Crippen LogP contribution < -0.4 is 5.32 Å². The van der Waals surface area contributed by atoms with Crippen molar-refractivity contribution in [3.63, 3.8) is 0 Å². The fourth-order valence-electron chi connectivity index (χ4n) is 6.43. The van der Waals surface area contributed by atoms with Crippen molar-refractivity contribution in [2.24, 2.45) is 11.8 Å². The summed E-state index contributed by atoms with van der Waals surface area (Å²) < 4.78 is 3.24. The van der Waals surface area contributed by atoms with E-state index < -0.39 is 5.54 Å². The van der Waals surface area contributed by atoms with E-state index in [1.54, 1.807) is 11.3 Å². The molecule has 2 amide bonds. The van der Waals surface area contributed by atoms with Gasteiger partial charge in [-0.15, -0.1) is 11.3 Å². The van der Waals surface area contributed by atoms with Gasteiger partial charge in [-0.3, -0.25) is 9.59 Å². The molecule has 3 heterocycles. The van der Waals surface area contributed by atoms with Gasteiger partial charge in [0.1, 0.15) is 11.2 Å². The van der Waals surface area contributed by atoms with Crippen LogP contribution in [0.25, 0.3) is 10.2 Å².